The summed E-state index contributed by atoms with van der Waals surface area (Å²) in [4.78, 5) is 23.5. The number of nitro benzene ring substituents is 1. The van der Waals surface area contributed by atoms with Gasteiger partial charge in [-0.1, -0.05) is 0 Å². The van der Waals surface area contributed by atoms with E-state index in [1.807, 2.05) is 0 Å². The highest BCUT2D eigenvalue weighted by Gasteiger charge is 2.27. The first-order valence-corrected chi connectivity index (χ1v) is 8.98. The summed E-state index contributed by atoms with van der Waals surface area (Å²) in [5.74, 6) is -0.533. The van der Waals surface area contributed by atoms with Crippen LogP contribution in [0.4, 0.5) is 15.8 Å². The molecule has 0 saturated heterocycles. The Labute approximate surface area is 165 Å². The monoisotopic (exact) mass is 396 g/mol. The molecule has 1 N–H and O–H groups in total. The van der Waals surface area contributed by atoms with Crippen LogP contribution < -0.4 is 10.1 Å². The van der Waals surface area contributed by atoms with Crippen LogP contribution in [0.5, 0.6) is 5.75 Å². The number of hydrogen-bond donors (Lipinski definition) is 1. The van der Waals surface area contributed by atoms with E-state index in [-0.39, 0.29) is 22.9 Å². The molecule has 1 heterocycles. The number of fused-ring (bicyclic) bond motifs is 1. The summed E-state index contributed by atoms with van der Waals surface area (Å²) in [5.41, 5.74) is 2.67. The van der Waals surface area contributed by atoms with Crippen molar-refractivity contribution in [1.82, 2.24) is 9.78 Å². The Balaban J connectivity index is 1.70. The van der Waals surface area contributed by atoms with Crippen molar-refractivity contribution in [1.29, 1.82) is 0 Å². The standard InChI is InChI=1S/C20H17FN4O4/c1-29-18-10-9-14(25(27)28)11-16(18)22-20(26)19-15-3-2-4-17(15)24(23-19)13-7-5-12(21)6-8-13/h5-11H,2-4H2,1H3,(H,22,26). The van der Waals surface area contributed by atoms with E-state index in [4.69, 9.17) is 4.74 Å². The number of nitrogens with one attached hydrogen (secondary N) is 1. The third kappa shape index (κ3) is 3.42. The molecule has 2 aromatic carbocycles. The third-order valence-corrected chi connectivity index (χ3v) is 4.86. The number of methoxy groups -OCH3 is 1. The Morgan fingerprint density at radius 2 is 2.00 bits per heavy atom. The number of nitro groups is 1. The smallest absolute Gasteiger partial charge is 0.276 e. The summed E-state index contributed by atoms with van der Waals surface area (Å²) in [6, 6.07) is 9.86. The number of hydrogen-bond acceptors (Lipinski definition) is 5. The minimum atomic E-state index is -0.546. The summed E-state index contributed by atoms with van der Waals surface area (Å²) in [6.07, 6.45) is 2.34. The van der Waals surface area contributed by atoms with Crippen molar-refractivity contribution in [3.63, 3.8) is 0 Å². The Bertz CT molecular complexity index is 1110. The first-order valence-electron chi connectivity index (χ1n) is 8.98. The van der Waals surface area contributed by atoms with Crippen molar-refractivity contribution in [2.45, 2.75) is 19.3 Å². The van der Waals surface area contributed by atoms with Gasteiger partial charge in [0.1, 0.15) is 11.6 Å². The van der Waals surface area contributed by atoms with Crippen LogP contribution in [0.2, 0.25) is 0 Å². The minimum absolute atomic E-state index is 0.164. The summed E-state index contributed by atoms with van der Waals surface area (Å²) in [6.45, 7) is 0. The predicted molar refractivity (Wildman–Crippen MR) is 103 cm³/mol. The SMILES string of the molecule is COc1ccc([N+](=O)[O-])cc1NC(=O)c1nn(-c2ccc(F)cc2)c2c1CCC2. The van der Waals surface area contributed by atoms with E-state index in [1.54, 1.807) is 16.8 Å². The molecule has 1 aliphatic rings. The van der Waals surface area contributed by atoms with Crippen LogP contribution in [0.3, 0.4) is 0 Å². The van der Waals surface area contributed by atoms with Crippen molar-refractivity contribution in [3.05, 3.63) is 75.3 Å². The number of nitrogens with zero attached hydrogens (tertiary/aromatic N) is 3. The van der Waals surface area contributed by atoms with Gasteiger partial charge in [-0.15, -0.1) is 0 Å². The molecule has 1 aliphatic carbocycles. The molecule has 0 radical (unpaired) electrons. The van der Waals surface area contributed by atoms with E-state index >= 15 is 0 Å². The van der Waals surface area contributed by atoms with Crippen LogP contribution in [0, 0.1) is 15.9 Å². The van der Waals surface area contributed by atoms with Crippen LogP contribution in [-0.4, -0.2) is 27.7 Å². The van der Waals surface area contributed by atoms with Crippen LogP contribution in [0.1, 0.15) is 28.2 Å². The second-order valence-corrected chi connectivity index (χ2v) is 6.61. The van der Waals surface area contributed by atoms with Gasteiger partial charge >= 0.3 is 0 Å². The van der Waals surface area contributed by atoms with Gasteiger partial charge in [0.05, 0.1) is 23.4 Å². The number of anilines is 1. The van der Waals surface area contributed by atoms with Gasteiger partial charge in [0.2, 0.25) is 0 Å². The third-order valence-electron chi connectivity index (χ3n) is 4.86. The molecule has 0 spiro atoms. The lowest BCUT2D eigenvalue weighted by Gasteiger charge is -2.09. The molecule has 3 aromatic rings. The van der Waals surface area contributed by atoms with E-state index < -0.39 is 10.8 Å². The maximum Gasteiger partial charge on any atom is 0.276 e. The van der Waals surface area contributed by atoms with Gasteiger partial charge in [0, 0.05) is 23.4 Å². The van der Waals surface area contributed by atoms with Crippen molar-refractivity contribution in [2.24, 2.45) is 0 Å². The van der Waals surface area contributed by atoms with Crippen LogP contribution >= 0.6 is 0 Å². The van der Waals surface area contributed by atoms with Crippen LogP contribution in [0.15, 0.2) is 42.5 Å². The van der Waals surface area contributed by atoms with Gasteiger partial charge in [-0.2, -0.15) is 5.10 Å². The number of halogens is 1. The van der Waals surface area contributed by atoms with E-state index in [2.05, 4.69) is 10.4 Å². The Morgan fingerprint density at radius 1 is 1.24 bits per heavy atom. The Kier molecular flexibility index (Phi) is 4.71. The van der Waals surface area contributed by atoms with Crippen LogP contribution in [0.25, 0.3) is 5.69 Å². The summed E-state index contributed by atoms with van der Waals surface area (Å²) < 4.78 is 20.1. The number of carbonyl (C=O) groups excluding carboxylic acids is 1. The predicted octanol–water partition coefficient (Wildman–Crippen LogP) is 3.67. The Hall–Kier alpha value is -3.75. The normalized spacial score (nSPS) is 12.5. The zero-order valence-electron chi connectivity index (χ0n) is 15.5. The van der Waals surface area contributed by atoms with Gasteiger partial charge < -0.3 is 10.1 Å². The number of benzene rings is 2. The molecule has 1 amide bonds. The molecule has 0 bridgehead atoms. The topological polar surface area (TPSA) is 99.3 Å². The van der Waals surface area contributed by atoms with Gasteiger partial charge in [-0.25, -0.2) is 9.07 Å². The average molecular weight is 396 g/mol. The van der Waals surface area contributed by atoms with Crippen molar-refractivity contribution < 1.29 is 18.8 Å². The van der Waals surface area contributed by atoms with Crippen molar-refractivity contribution in [3.8, 4) is 11.4 Å². The quantitative estimate of drug-likeness (QED) is 0.524. The van der Waals surface area contributed by atoms with E-state index in [0.29, 0.717) is 17.9 Å². The minimum Gasteiger partial charge on any atom is -0.495 e. The highest BCUT2D eigenvalue weighted by molar-refractivity contribution is 6.05. The molecular formula is C20H17FN4O4. The number of rotatable bonds is 5. The molecule has 4 rings (SSSR count). The molecule has 0 fully saturated rings. The van der Waals surface area contributed by atoms with E-state index in [1.165, 1.54) is 37.4 Å². The molecule has 29 heavy (non-hydrogen) atoms. The highest BCUT2D eigenvalue weighted by Crippen LogP contribution is 2.31. The lowest BCUT2D eigenvalue weighted by Crippen LogP contribution is -2.15. The zero-order chi connectivity index (χ0) is 20.5. The second-order valence-electron chi connectivity index (χ2n) is 6.61. The largest absolute Gasteiger partial charge is 0.495 e. The van der Waals surface area contributed by atoms with Gasteiger partial charge in [-0.05, 0) is 49.6 Å². The van der Waals surface area contributed by atoms with E-state index in [0.717, 1.165) is 24.1 Å². The van der Waals surface area contributed by atoms with Gasteiger partial charge in [0.15, 0.2) is 5.69 Å². The summed E-state index contributed by atoms with van der Waals surface area (Å²) in [7, 11) is 1.41. The van der Waals surface area contributed by atoms with Crippen molar-refractivity contribution in [2.75, 3.05) is 12.4 Å². The fourth-order valence-corrected chi connectivity index (χ4v) is 3.50. The maximum absolute atomic E-state index is 13.3. The van der Waals surface area contributed by atoms with Gasteiger partial charge in [0.25, 0.3) is 11.6 Å². The molecule has 9 heteroatoms. The first kappa shape index (κ1) is 18.6. The molecule has 0 unspecified atom stereocenters. The zero-order valence-corrected chi connectivity index (χ0v) is 15.5. The lowest BCUT2D eigenvalue weighted by atomic mass is 10.2. The van der Waals surface area contributed by atoms with Crippen LogP contribution in [-0.2, 0) is 12.8 Å². The molecule has 148 valence electrons. The second kappa shape index (κ2) is 7.34. The maximum atomic E-state index is 13.3. The highest BCUT2D eigenvalue weighted by atomic mass is 19.1. The molecular weight excluding hydrogens is 379 g/mol. The molecule has 0 aliphatic heterocycles. The average Bonchev–Trinajstić information content (AvgIpc) is 3.31. The number of aromatic nitrogens is 2. The Morgan fingerprint density at radius 3 is 2.69 bits per heavy atom. The van der Waals surface area contributed by atoms with Crippen molar-refractivity contribution >= 4 is 17.3 Å². The lowest BCUT2D eigenvalue weighted by molar-refractivity contribution is -0.384. The number of ether oxygens (including phenoxy) is 1. The molecule has 0 saturated carbocycles. The molecule has 1 aromatic heterocycles. The first-order chi connectivity index (χ1) is 14.0. The fraction of sp³-hybridized carbons (Fsp3) is 0.200. The van der Waals surface area contributed by atoms with Gasteiger partial charge in [-0.3, -0.25) is 14.9 Å². The summed E-state index contributed by atoms with van der Waals surface area (Å²) >= 11 is 0. The molecule has 8 nitrogen and oxygen atoms in total. The van der Waals surface area contributed by atoms with E-state index in [9.17, 15) is 19.3 Å². The number of carbonyl (C=O) groups is 1. The number of non-ortho nitro benzene ring substituents is 1. The summed E-state index contributed by atoms with van der Waals surface area (Å²) in [5, 5.41) is 18.2. The number of amides is 1. The molecule has 0 atom stereocenters. The fourth-order valence-electron chi connectivity index (χ4n) is 3.50.